The van der Waals surface area contributed by atoms with Crippen LogP contribution in [-0.2, 0) is 6.42 Å². The fourth-order valence-electron chi connectivity index (χ4n) is 4.80. The molecule has 0 spiro atoms. The van der Waals surface area contributed by atoms with E-state index < -0.39 is 5.91 Å². The molecule has 190 valence electrons. The van der Waals surface area contributed by atoms with Crippen molar-refractivity contribution in [2.45, 2.75) is 25.7 Å². The van der Waals surface area contributed by atoms with Crippen LogP contribution in [-0.4, -0.2) is 42.2 Å². The lowest BCUT2D eigenvalue weighted by molar-refractivity contribution is 0.1000. The van der Waals surface area contributed by atoms with Crippen molar-refractivity contribution in [1.82, 2.24) is 4.90 Å². The van der Waals surface area contributed by atoms with Gasteiger partial charge >= 0.3 is 0 Å². The number of piperidine rings is 1. The average Bonchev–Trinajstić information content (AvgIpc) is 2.92. The van der Waals surface area contributed by atoms with Crippen LogP contribution in [0.2, 0.25) is 0 Å². The van der Waals surface area contributed by atoms with Crippen LogP contribution in [0.1, 0.15) is 40.7 Å². The fourth-order valence-corrected chi connectivity index (χ4v) is 4.80. The number of carbonyl (C=O) groups excluding carboxylic acids is 1. The molecule has 1 aliphatic rings. The van der Waals surface area contributed by atoms with Crippen molar-refractivity contribution in [3.8, 4) is 23.0 Å². The lowest BCUT2D eigenvalue weighted by Crippen LogP contribution is -2.33. The number of nitrogens with zero attached hydrogens (tertiary/aromatic N) is 1. The minimum Gasteiger partial charge on any atom is -0.508 e. The van der Waals surface area contributed by atoms with E-state index in [1.54, 1.807) is 24.3 Å². The first kappa shape index (κ1) is 24.7. The number of amides is 1. The Balaban J connectivity index is 1.34. The van der Waals surface area contributed by atoms with Gasteiger partial charge in [0.05, 0.1) is 0 Å². The van der Waals surface area contributed by atoms with Gasteiger partial charge in [-0.05, 0) is 97.0 Å². The molecule has 1 heterocycles. The van der Waals surface area contributed by atoms with Crippen LogP contribution in [0.25, 0.3) is 10.8 Å². The number of hydrogen-bond donors (Lipinski definition) is 2. The number of primary amides is 1. The number of likely N-dealkylation sites (tertiary alicyclic amines) is 1. The second kappa shape index (κ2) is 11.4. The number of carbonyl (C=O) groups is 1. The Bertz CT molecular complexity index is 1360. The summed E-state index contributed by atoms with van der Waals surface area (Å²) in [4.78, 5) is 13.9. The summed E-state index contributed by atoms with van der Waals surface area (Å²) in [6, 6.07) is 24.2. The standard InChI is InChI=1S/C31H32N2O4/c32-31(35)23-6-4-22(5-7-23)20-25-9-8-24-21-26(34)10-15-29(24)30(25)37-28-13-11-27(12-14-28)36-19-18-33-16-2-1-3-17-33/h4-15,21,34H,1-3,16-20H2,(H2,32,35). The maximum atomic E-state index is 11.4. The molecule has 5 rings (SSSR count). The summed E-state index contributed by atoms with van der Waals surface area (Å²) < 4.78 is 12.4. The van der Waals surface area contributed by atoms with E-state index in [2.05, 4.69) is 4.90 Å². The topological polar surface area (TPSA) is 85.0 Å². The van der Waals surface area contributed by atoms with Crippen LogP contribution in [0.4, 0.5) is 0 Å². The molecule has 0 radical (unpaired) electrons. The molecular weight excluding hydrogens is 464 g/mol. The van der Waals surface area contributed by atoms with Crippen molar-refractivity contribution >= 4 is 16.7 Å². The largest absolute Gasteiger partial charge is 0.508 e. The highest BCUT2D eigenvalue weighted by Crippen LogP contribution is 2.37. The van der Waals surface area contributed by atoms with Gasteiger partial charge < -0.3 is 20.3 Å². The van der Waals surface area contributed by atoms with Crippen LogP contribution in [0.3, 0.4) is 0 Å². The summed E-state index contributed by atoms with van der Waals surface area (Å²) in [5.41, 5.74) is 7.89. The van der Waals surface area contributed by atoms with Crippen LogP contribution < -0.4 is 15.2 Å². The maximum Gasteiger partial charge on any atom is 0.248 e. The molecule has 1 saturated heterocycles. The number of phenolic OH excluding ortho intramolecular Hbond substituents is 1. The molecule has 0 aliphatic carbocycles. The first-order chi connectivity index (χ1) is 18.0. The van der Waals surface area contributed by atoms with Gasteiger partial charge in [-0.1, -0.05) is 30.7 Å². The van der Waals surface area contributed by atoms with E-state index >= 15 is 0 Å². The quantitative estimate of drug-likeness (QED) is 0.302. The lowest BCUT2D eigenvalue weighted by atomic mass is 9.98. The molecule has 3 N–H and O–H groups in total. The monoisotopic (exact) mass is 496 g/mol. The van der Waals surface area contributed by atoms with E-state index in [4.69, 9.17) is 15.2 Å². The third-order valence-electron chi connectivity index (χ3n) is 6.84. The molecule has 37 heavy (non-hydrogen) atoms. The summed E-state index contributed by atoms with van der Waals surface area (Å²) in [7, 11) is 0. The zero-order valence-corrected chi connectivity index (χ0v) is 20.9. The second-order valence-electron chi connectivity index (χ2n) is 9.52. The number of fused-ring (bicyclic) bond motifs is 1. The maximum absolute atomic E-state index is 11.4. The molecule has 1 amide bonds. The van der Waals surface area contributed by atoms with Crippen molar-refractivity contribution in [1.29, 1.82) is 0 Å². The highest BCUT2D eigenvalue weighted by atomic mass is 16.5. The molecule has 0 atom stereocenters. The smallest absolute Gasteiger partial charge is 0.248 e. The number of hydrogen-bond acceptors (Lipinski definition) is 5. The van der Waals surface area contributed by atoms with Crippen molar-refractivity contribution in [3.05, 3.63) is 95.6 Å². The van der Waals surface area contributed by atoms with Gasteiger partial charge in [0.15, 0.2) is 0 Å². The normalized spacial score (nSPS) is 13.9. The molecule has 0 saturated carbocycles. The van der Waals surface area contributed by atoms with Gasteiger partial charge in [0.1, 0.15) is 29.6 Å². The Morgan fingerprint density at radius 3 is 2.32 bits per heavy atom. The van der Waals surface area contributed by atoms with Gasteiger partial charge in [0, 0.05) is 23.9 Å². The van der Waals surface area contributed by atoms with Crippen molar-refractivity contribution in [2.75, 3.05) is 26.2 Å². The SMILES string of the molecule is NC(=O)c1ccc(Cc2ccc3cc(O)ccc3c2Oc2ccc(OCCN3CCCCC3)cc2)cc1. The third-order valence-corrected chi connectivity index (χ3v) is 6.84. The number of nitrogens with two attached hydrogens (primary N) is 1. The Labute approximate surface area is 217 Å². The molecule has 4 aromatic rings. The van der Waals surface area contributed by atoms with Crippen LogP contribution >= 0.6 is 0 Å². The Hall–Kier alpha value is -4.03. The van der Waals surface area contributed by atoms with E-state index in [0.717, 1.165) is 53.0 Å². The van der Waals surface area contributed by atoms with E-state index in [9.17, 15) is 9.90 Å². The zero-order chi connectivity index (χ0) is 25.6. The van der Waals surface area contributed by atoms with Gasteiger partial charge in [-0.3, -0.25) is 9.69 Å². The molecule has 0 aromatic heterocycles. The Kier molecular flexibility index (Phi) is 7.57. The molecule has 1 fully saturated rings. The summed E-state index contributed by atoms with van der Waals surface area (Å²) in [5.74, 6) is 2.02. The molecule has 4 aromatic carbocycles. The van der Waals surface area contributed by atoms with E-state index in [1.165, 1.54) is 19.3 Å². The third kappa shape index (κ3) is 6.22. The van der Waals surface area contributed by atoms with Crippen LogP contribution in [0.15, 0.2) is 78.9 Å². The number of benzene rings is 4. The molecule has 1 aliphatic heterocycles. The molecular formula is C31H32N2O4. The highest BCUT2D eigenvalue weighted by Gasteiger charge is 2.13. The van der Waals surface area contributed by atoms with E-state index in [1.807, 2.05) is 54.6 Å². The predicted molar refractivity (Wildman–Crippen MR) is 146 cm³/mol. The summed E-state index contributed by atoms with van der Waals surface area (Å²) in [6.07, 6.45) is 4.50. The van der Waals surface area contributed by atoms with Crippen molar-refractivity contribution in [3.63, 3.8) is 0 Å². The molecule has 6 nitrogen and oxygen atoms in total. The number of ether oxygens (including phenoxy) is 2. The average molecular weight is 497 g/mol. The van der Waals surface area contributed by atoms with E-state index in [0.29, 0.717) is 24.3 Å². The first-order valence-electron chi connectivity index (χ1n) is 12.8. The molecule has 6 heteroatoms. The number of aromatic hydroxyl groups is 1. The van der Waals surface area contributed by atoms with Crippen LogP contribution in [0, 0.1) is 0 Å². The number of rotatable bonds is 9. The minimum atomic E-state index is -0.444. The molecule has 0 unspecified atom stereocenters. The van der Waals surface area contributed by atoms with Gasteiger partial charge in [-0.2, -0.15) is 0 Å². The van der Waals surface area contributed by atoms with Gasteiger partial charge in [-0.25, -0.2) is 0 Å². The summed E-state index contributed by atoms with van der Waals surface area (Å²) in [5, 5.41) is 11.8. The highest BCUT2D eigenvalue weighted by molar-refractivity contribution is 5.93. The second-order valence-corrected chi connectivity index (χ2v) is 9.52. The molecule has 0 bridgehead atoms. The minimum absolute atomic E-state index is 0.208. The fraction of sp³-hybridized carbons (Fsp3) is 0.258. The van der Waals surface area contributed by atoms with Crippen molar-refractivity contribution < 1.29 is 19.4 Å². The van der Waals surface area contributed by atoms with Crippen molar-refractivity contribution in [2.24, 2.45) is 5.73 Å². The summed E-state index contributed by atoms with van der Waals surface area (Å²) >= 11 is 0. The van der Waals surface area contributed by atoms with E-state index in [-0.39, 0.29) is 5.75 Å². The van der Waals surface area contributed by atoms with Gasteiger partial charge in [-0.15, -0.1) is 0 Å². The van der Waals surface area contributed by atoms with Crippen LogP contribution in [0.5, 0.6) is 23.0 Å². The Morgan fingerprint density at radius 1 is 0.865 bits per heavy atom. The van der Waals surface area contributed by atoms with Gasteiger partial charge in [0.25, 0.3) is 0 Å². The summed E-state index contributed by atoms with van der Waals surface area (Å²) in [6.45, 7) is 3.95. The first-order valence-corrected chi connectivity index (χ1v) is 12.8. The number of phenols is 1. The van der Waals surface area contributed by atoms with Gasteiger partial charge in [0.2, 0.25) is 5.91 Å². The predicted octanol–water partition coefficient (Wildman–Crippen LogP) is 5.89. The Morgan fingerprint density at radius 2 is 1.59 bits per heavy atom. The zero-order valence-electron chi connectivity index (χ0n) is 20.9. The lowest BCUT2D eigenvalue weighted by Gasteiger charge is -2.26.